The first-order valence-corrected chi connectivity index (χ1v) is 4.61. The van der Waals surface area contributed by atoms with E-state index in [1.165, 1.54) is 0 Å². The summed E-state index contributed by atoms with van der Waals surface area (Å²) in [5.74, 6) is -0.528. The second kappa shape index (κ2) is 3.34. The zero-order chi connectivity index (χ0) is 11.0. The monoisotopic (exact) mass is 205 g/mol. The van der Waals surface area contributed by atoms with E-state index in [9.17, 15) is 9.59 Å². The third kappa shape index (κ3) is 1.68. The number of carbonyl (C=O) groups excluding carboxylic acids is 2. The molecule has 1 fully saturated rings. The molecule has 1 aliphatic heterocycles. The van der Waals surface area contributed by atoms with Crippen LogP contribution in [-0.2, 0) is 16.6 Å². The number of amides is 2. The molecule has 0 unspecified atom stereocenters. The first-order valence-electron chi connectivity index (χ1n) is 4.61. The summed E-state index contributed by atoms with van der Waals surface area (Å²) in [7, 11) is 1.81. The Morgan fingerprint density at radius 3 is 2.73 bits per heavy atom. The molecular weight excluding hydrogens is 194 g/mol. The Kier molecular flexibility index (Phi) is 2.15. The molecule has 5 nitrogen and oxygen atoms in total. The van der Waals surface area contributed by atoms with Gasteiger partial charge in [-0.2, -0.15) is 5.10 Å². The summed E-state index contributed by atoms with van der Waals surface area (Å²) in [5.41, 5.74) is 2.22. The Balaban J connectivity index is 2.41. The summed E-state index contributed by atoms with van der Waals surface area (Å²) < 4.78 is 1.66. The largest absolute Gasteiger partial charge is 0.292 e. The van der Waals surface area contributed by atoms with Crippen molar-refractivity contribution in [2.75, 3.05) is 0 Å². The average Bonchev–Trinajstić information content (AvgIpc) is 2.71. The summed E-state index contributed by atoms with van der Waals surface area (Å²) in [4.78, 5) is 22.4. The molecular formula is C10H11N3O2. The minimum atomic E-state index is -0.290. The van der Waals surface area contributed by atoms with Crippen molar-refractivity contribution in [3.8, 4) is 0 Å². The van der Waals surface area contributed by atoms with E-state index < -0.39 is 0 Å². The molecule has 2 heterocycles. The molecule has 0 aromatic carbocycles. The third-order valence-corrected chi connectivity index (χ3v) is 2.45. The molecule has 1 saturated heterocycles. The van der Waals surface area contributed by atoms with Gasteiger partial charge in [0.15, 0.2) is 0 Å². The van der Waals surface area contributed by atoms with Crippen LogP contribution in [0, 0.1) is 0 Å². The lowest BCUT2D eigenvalue weighted by Crippen LogP contribution is -2.19. The van der Waals surface area contributed by atoms with Gasteiger partial charge in [-0.3, -0.25) is 19.6 Å². The van der Waals surface area contributed by atoms with E-state index in [-0.39, 0.29) is 18.2 Å². The maximum atomic E-state index is 11.4. The average molecular weight is 205 g/mol. The number of carbonyl (C=O) groups is 2. The molecule has 1 aromatic heterocycles. The first kappa shape index (κ1) is 9.64. The fourth-order valence-electron chi connectivity index (χ4n) is 1.58. The number of allylic oxidation sites excluding steroid dienone is 1. The van der Waals surface area contributed by atoms with Crippen LogP contribution in [0.4, 0.5) is 0 Å². The molecule has 2 amide bonds. The van der Waals surface area contributed by atoms with Crippen molar-refractivity contribution in [2.24, 2.45) is 7.05 Å². The summed E-state index contributed by atoms with van der Waals surface area (Å²) in [6.07, 6.45) is 3.66. The predicted octanol–water partition coefficient (Wildman–Crippen LogP) is 0.240. The van der Waals surface area contributed by atoms with Crippen LogP contribution < -0.4 is 5.32 Å². The van der Waals surface area contributed by atoms with Gasteiger partial charge in [-0.1, -0.05) is 0 Å². The summed E-state index contributed by atoms with van der Waals surface area (Å²) in [6.45, 7) is 1.82. The van der Waals surface area contributed by atoms with Crippen LogP contribution >= 0.6 is 0 Å². The standard InChI is InChI=1S/C10H11N3O2/c1-6(7-4-11-13(2)5-7)8-3-9(14)12-10(8)15/h4-5H,3H2,1-2H3,(H,12,14,15). The lowest BCUT2D eigenvalue weighted by Gasteiger charge is -1.99. The zero-order valence-corrected chi connectivity index (χ0v) is 8.57. The Morgan fingerprint density at radius 2 is 2.27 bits per heavy atom. The summed E-state index contributed by atoms with van der Waals surface area (Å²) >= 11 is 0. The lowest BCUT2D eigenvalue weighted by molar-refractivity contribution is -0.124. The van der Waals surface area contributed by atoms with Gasteiger partial charge in [0.2, 0.25) is 5.91 Å². The number of aromatic nitrogens is 2. The fourth-order valence-corrected chi connectivity index (χ4v) is 1.58. The van der Waals surface area contributed by atoms with E-state index in [2.05, 4.69) is 10.4 Å². The van der Waals surface area contributed by atoms with Gasteiger partial charge in [-0.05, 0) is 12.5 Å². The van der Waals surface area contributed by atoms with Crippen molar-refractivity contribution in [3.63, 3.8) is 0 Å². The van der Waals surface area contributed by atoms with Gasteiger partial charge in [-0.15, -0.1) is 0 Å². The summed E-state index contributed by atoms with van der Waals surface area (Å²) in [5, 5.41) is 6.28. The Bertz CT molecular complexity index is 471. The highest BCUT2D eigenvalue weighted by Crippen LogP contribution is 2.22. The number of nitrogens with zero attached hydrogens (tertiary/aromatic N) is 2. The quantitative estimate of drug-likeness (QED) is 0.527. The molecule has 1 aromatic rings. The van der Waals surface area contributed by atoms with Crippen molar-refractivity contribution < 1.29 is 9.59 Å². The highest BCUT2D eigenvalue weighted by molar-refractivity contribution is 6.17. The predicted molar refractivity (Wildman–Crippen MR) is 53.6 cm³/mol. The first-order chi connectivity index (χ1) is 7.08. The number of aryl methyl sites for hydroxylation is 1. The molecule has 0 atom stereocenters. The molecule has 0 spiro atoms. The molecule has 5 heteroatoms. The number of rotatable bonds is 1. The molecule has 1 N–H and O–H groups in total. The number of hydrogen-bond acceptors (Lipinski definition) is 3. The zero-order valence-electron chi connectivity index (χ0n) is 8.57. The molecule has 15 heavy (non-hydrogen) atoms. The van der Waals surface area contributed by atoms with Crippen molar-refractivity contribution >= 4 is 17.4 Å². The minimum Gasteiger partial charge on any atom is -0.292 e. The van der Waals surface area contributed by atoms with Gasteiger partial charge >= 0.3 is 0 Å². The summed E-state index contributed by atoms with van der Waals surface area (Å²) in [6, 6.07) is 0. The van der Waals surface area contributed by atoms with Crippen molar-refractivity contribution in [1.82, 2.24) is 15.1 Å². The van der Waals surface area contributed by atoms with Crippen molar-refractivity contribution in [1.29, 1.82) is 0 Å². The molecule has 1 aliphatic rings. The SMILES string of the molecule is CC(=C1CC(=O)NC1=O)c1cnn(C)c1. The van der Waals surface area contributed by atoms with Crippen LogP contribution in [-0.4, -0.2) is 21.6 Å². The number of imide groups is 1. The van der Waals surface area contributed by atoms with Gasteiger partial charge in [-0.25, -0.2) is 0 Å². The van der Waals surface area contributed by atoms with Crippen LogP contribution in [0.2, 0.25) is 0 Å². The lowest BCUT2D eigenvalue weighted by atomic mass is 10.0. The van der Waals surface area contributed by atoms with E-state index in [0.29, 0.717) is 5.57 Å². The second-order valence-corrected chi connectivity index (χ2v) is 3.56. The molecule has 0 saturated carbocycles. The molecule has 0 bridgehead atoms. The van der Waals surface area contributed by atoms with E-state index in [1.807, 2.05) is 13.1 Å². The van der Waals surface area contributed by atoms with E-state index in [4.69, 9.17) is 0 Å². The van der Waals surface area contributed by atoms with Crippen LogP contribution in [0.3, 0.4) is 0 Å². The van der Waals surface area contributed by atoms with Gasteiger partial charge in [0, 0.05) is 24.4 Å². The minimum absolute atomic E-state index is 0.166. The van der Waals surface area contributed by atoms with Gasteiger partial charge in [0.1, 0.15) is 0 Å². The smallest absolute Gasteiger partial charge is 0.254 e. The van der Waals surface area contributed by atoms with Crippen LogP contribution in [0.25, 0.3) is 5.57 Å². The van der Waals surface area contributed by atoms with Crippen molar-refractivity contribution in [2.45, 2.75) is 13.3 Å². The molecule has 2 rings (SSSR count). The van der Waals surface area contributed by atoms with Gasteiger partial charge in [0.05, 0.1) is 12.6 Å². The van der Waals surface area contributed by atoms with Crippen LogP contribution in [0.15, 0.2) is 18.0 Å². The fraction of sp³-hybridized carbons (Fsp3) is 0.300. The topological polar surface area (TPSA) is 64.0 Å². The maximum absolute atomic E-state index is 11.4. The molecule has 0 aliphatic carbocycles. The normalized spacial score (nSPS) is 19.3. The van der Waals surface area contributed by atoms with E-state index in [1.54, 1.807) is 17.9 Å². The van der Waals surface area contributed by atoms with Crippen LogP contribution in [0.5, 0.6) is 0 Å². The third-order valence-electron chi connectivity index (χ3n) is 2.45. The number of nitrogens with one attached hydrogen (secondary N) is 1. The van der Waals surface area contributed by atoms with Crippen molar-refractivity contribution in [3.05, 3.63) is 23.5 Å². The Labute approximate surface area is 86.8 Å². The van der Waals surface area contributed by atoms with Gasteiger partial charge < -0.3 is 0 Å². The Hall–Kier alpha value is -1.91. The highest BCUT2D eigenvalue weighted by atomic mass is 16.2. The van der Waals surface area contributed by atoms with Gasteiger partial charge in [0.25, 0.3) is 5.91 Å². The maximum Gasteiger partial charge on any atom is 0.254 e. The second-order valence-electron chi connectivity index (χ2n) is 3.56. The molecule has 78 valence electrons. The van der Waals surface area contributed by atoms with E-state index in [0.717, 1.165) is 11.1 Å². The van der Waals surface area contributed by atoms with E-state index >= 15 is 0 Å². The molecule has 0 radical (unpaired) electrons. The van der Waals surface area contributed by atoms with Crippen LogP contribution in [0.1, 0.15) is 18.9 Å². The highest BCUT2D eigenvalue weighted by Gasteiger charge is 2.26. The Morgan fingerprint density at radius 1 is 1.53 bits per heavy atom. The number of hydrogen-bond donors (Lipinski definition) is 1.